The first-order chi connectivity index (χ1) is 14.9. The number of piperidine rings is 1. The van der Waals surface area contributed by atoms with Crippen LogP contribution < -0.4 is 10.2 Å². The molecular formula is C26H31N3O2. The highest BCUT2D eigenvalue weighted by molar-refractivity contribution is 6.36. The van der Waals surface area contributed by atoms with E-state index in [1.54, 1.807) is 0 Å². The van der Waals surface area contributed by atoms with Gasteiger partial charge in [-0.1, -0.05) is 43.7 Å². The molecule has 0 aliphatic carbocycles. The van der Waals surface area contributed by atoms with Crippen molar-refractivity contribution in [2.24, 2.45) is 5.92 Å². The average molecular weight is 418 g/mol. The molecular weight excluding hydrogens is 386 g/mol. The zero-order chi connectivity index (χ0) is 22.0. The van der Waals surface area contributed by atoms with E-state index in [0.29, 0.717) is 17.8 Å². The van der Waals surface area contributed by atoms with Gasteiger partial charge in [0.05, 0.1) is 5.57 Å². The van der Waals surface area contributed by atoms with Crippen LogP contribution in [0.2, 0.25) is 0 Å². The number of nitrogens with one attached hydrogen (secondary N) is 1. The first kappa shape index (κ1) is 21.2. The third kappa shape index (κ3) is 4.50. The summed E-state index contributed by atoms with van der Waals surface area (Å²) in [7, 11) is 0. The maximum absolute atomic E-state index is 13.2. The summed E-state index contributed by atoms with van der Waals surface area (Å²) in [5.74, 6) is -0.278. The Morgan fingerprint density at radius 1 is 0.871 bits per heavy atom. The van der Waals surface area contributed by atoms with Gasteiger partial charge in [0, 0.05) is 31.0 Å². The van der Waals surface area contributed by atoms with E-state index < -0.39 is 0 Å². The van der Waals surface area contributed by atoms with Gasteiger partial charge in [-0.25, -0.2) is 0 Å². The number of hydrogen-bond acceptors (Lipinski definition) is 4. The molecule has 1 fully saturated rings. The number of hydrogen-bond donors (Lipinski definition) is 1. The molecule has 0 radical (unpaired) electrons. The summed E-state index contributed by atoms with van der Waals surface area (Å²) < 4.78 is 0. The minimum Gasteiger partial charge on any atom is -0.372 e. The standard InChI is InChI=1S/C26H31N3O2/c1-18(2)17-29-25(30)23(20-9-7-19(3)8-10-20)24(26(29)31)27-21-11-13-22(14-12-21)28-15-5-4-6-16-28/h7-14,18,27H,4-6,15-17H2,1-3H3. The summed E-state index contributed by atoms with van der Waals surface area (Å²) in [6.07, 6.45) is 3.76. The number of anilines is 2. The fourth-order valence-electron chi connectivity index (χ4n) is 4.26. The van der Waals surface area contributed by atoms with Crippen LogP contribution in [0.15, 0.2) is 54.2 Å². The number of carbonyl (C=O) groups excluding carboxylic acids is 2. The molecule has 2 heterocycles. The molecule has 0 unspecified atom stereocenters. The molecule has 0 saturated carbocycles. The Balaban J connectivity index is 1.64. The second-order valence-corrected chi connectivity index (χ2v) is 8.95. The van der Waals surface area contributed by atoms with Crippen LogP contribution >= 0.6 is 0 Å². The number of benzene rings is 2. The van der Waals surface area contributed by atoms with Crippen LogP contribution in [0.1, 0.15) is 44.2 Å². The third-order valence-corrected chi connectivity index (χ3v) is 5.91. The van der Waals surface area contributed by atoms with E-state index in [9.17, 15) is 9.59 Å². The Morgan fingerprint density at radius 3 is 2.13 bits per heavy atom. The largest absolute Gasteiger partial charge is 0.372 e. The Morgan fingerprint density at radius 2 is 1.52 bits per heavy atom. The first-order valence-electron chi connectivity index (χ1n) is 11.2. The fourth-order valence-corrected chi connectivity index (χ4v) is 4.26. The van der Waals surface area contributed by atoms with Crippen LogP contribution in [0.5, 0.6) is 0 Å². The molecule has 0 aromatic heterocycles. The zero-order valence-corrected chi connectivity index (χ0v) is 18.6. The summed E-state index contributed by atoms with van der Waals surface area (Å²) in [5.41, 5.74) is 4.71. The van der Waals surface area contributed by atoms with Crippen molar-refractivity contribution in [3.05, 3.63) is 65.4 Å². The predicted molar refractivity (Wildman–Crippen MR) is 126 cm³/mol. The van der Waals surface area contributed by atoms with Gasteiger partial charge in [-0.2, -0.15) is 0 Å². The molecule has 4 rings (SSSR count). The van der Waals surface area contributed by atoms with Gasteiger partial charge in [0.2, 0.25) is 0 Å². The summed E-state index contributed by atoms with van der Waals surface area (Å²) in [6, 6.07) is 15.9. The topological polar surface area (TPSA) is 52.7 Å². The summed E-state index contributed by atoms with van der Waals surface area (Å²) in [5, 5.41) is 3.27. The Kier molecular flexibility index (Phi) is 6.12. The number of rotatable bonds is 6. The molecule has 2 aromatic rings. The lowest BCUT2D eigenvalue weighted by Gasteiger charge is -2.28. The smallest absolute Gasteiger partial charge is 0.278 e. The van der Waals surface area contributed by atoms with Crippen molar-refractivity contribution >= 4 is 28.8 Å². The van der Waals surface area contributed by atoms with Crippen molar-refractivity contribution in [3.8, 4) is 0 Å². The Hall–Kier alpha value is -3.08. The second-order valence-electron chi connectivity index (χ2n) is 8.95. The quantitative estimate of drug-likeness (QED) is 0.684. The number of amides is 2. The van der Waals surface area contributed by atoms with Crippen LogP contribution in [0.25, 0.3) is 5.57 Å². The van der Waals surface area contributed by atoms with E-state index >= 15 is 0 Å². The number of carbonyl (C=O) groups is 2. The van der Waals surface area contributed by atoms with Gasteiger partial charge in [-0.15, -0.1) is 0 Å². The van der Waals surface area contributed by atoms with Crippen molar-refractivity contribution in [1.82, 2.24) is 4.90 Å². The summed E-state index contributed by atoms with van der Waals surface area (Å²) in [6.45, 7) is 8.62. The lowest BCUT2D eigenvalue weighted by Crippen LogP contribution is -2.35. The Labute approximate surface area is 184 Å². The van der Waals surface area contributed by atoms with Gasteiger partial charge >= 0.3 is 0 Å². The minimum atomic E-state index is -0.255. The van der Waals surface area contributed by atoms with Crippen LogP contribution in [0.4, 0.5) is 11.4 Å². The molecule has 5 nitrogen and oxygen atoms in total. The van der Waals surface area contributed by atoms with Crippen LogP contribution in [0.3, 0.4) is 0 Å². The maximum atomic E-state index is 13.2. The second kappa shape index (κ2) is 8.96. The van der Waals surface area contributed by atoms with Gasteiger partial charge in [0.25, 0.3) is 11.8 Å². The molecule has 2 aromatic carbocycles. The minimum absolute atomic E-state index is 0.204. The molecule has 162 valence electrons. The van der Waals surface area contributed by atoms with E-state index in [0.717, 1.165) is 29.9 Å². The normalized spacial score (nSPS) is 17.2. The first-order valence-corrected chi connectivity index (χ1v) is 11.2. The monoisotopic (exact) mass is 417 g/mol. The number of imide groups is 1. The van der Waals surface area contributed by atoms with Crippen molar-refractivity contribution in [2.45, 2.75) is 40.0 Å². The molecule has 31 heavy (non-hydrogen) atoms. The highest BCUT2D eigenvalue weighted by atomic mass is 16.2. The molecule has 2 aliphatic heterocycles. The molecule has 0 spiro atoms. The number of aryl methyl sites for hydroxylation is 1. The van der Waals surface area contributed by atoms with Crippen LogP contribution in [-0.2, 0) is 9.59 Å². The van der Waals surface area contributed by atoms with Crippen LogP contribution in [-0.4, -0.2) is 36.3 Å². The van der Waals surface area contributed by atoms with Gasteiger partial charge in [0.15, 0.2) is 0 Å². The summed E-state index contributed by atoms with van der Waals surface area (Å²) >= 11 is 0. The SMILES string of the molecule is Cc1ccc(C2=C(Nc3ccc(N4CCCCC4)cc3)C(=O)N(CC(C)C)C2=O)cc1. The lowest BCUT2D eigenvalue weighted by atomic mass is 10.0. The predicted octanol–water partition coefficient (Wildman–Crippen LogP) is 4.83. The van der Waals surface area contributed by atoms with E-state index in [4.69, 9.17) is 0 Å². The highest BCUT2D eigenvalue weighted by Crippen LogP contribution is 2.32. The molecule has 1 N–H and O–H groups in total. The molecule has 1 saturated heterocycles. The summed E-state index contributed by atoms with van der Waals surface area (Å²) in [4.78, 5) is 30.2. The van der Waals surface area contributed by atoms with Gasteiger partial charge in [0.1, 0.15) is 5.70 Å². The molecule has 0 bridgehead atoms. The molecule has 2 aliphatic rings. The maximum Gasteiger partial charge on any atom is 0.278 e. The zero-order valence-electron chi connectivity index (χ0n) is 18.6. The average Bonchev–Trinajstić information content (AvgIpc) is 2.99. The van der Waals surface area contributed by atoms with Crippen molar-refractivity contribution in [2.75, 3.05) is 29.9 Å². The van der Waals surface area contributed by atoms with E-state index in [1.165, 1.54) is 29.8 Å². The fraction of sp³-hybridized carbons (Fsp3) is 0.385. The van der Waals surface area contributed by atoms with Gasteiger partial charge in [-0.05, 0) is 61.9 Å². The van der Waals surface area contributed by atoms with Crippen molar-refractivity contribution in [3.63, 3.8) is 0 Å². The molecule has 2 amide bonds. The van der Waals surface area contributed by atoms with E-state index in [1.807, 2.05) is 57.2 Å². The molecule has 0 atom stereocenters. The lowest BCUT2D eigenvalue weighted by molar-refractivity contribution is -0.137. The van der Waals surface area contributed by atoms with E-state index in [2.05, 4.69) is 22.3 Å². The molecule has 5 heteroatoms. The van der Waals surface area contributed by atoms with Gasteiger partial charge in [-0.3, -0.25) is 14.5 Å². The van der Waals surface area contributed by atoms with Crippen LogP contribution in [0, 0.1) is 12.8 Å². The third-order valence-electron chi connectivity index (χ3n) is 5.91. The highest BCUT2D eigenvalue weighted by Gasteiger charge is 2.39. The van der Waals surface area contributed by atoms with E-state index in [-0.39, 0.29) is 17.7 Å². The van der Waals surface area contributed by atoms with Crippen molar-refractivity contribution in [1.29, 1.82) is 0 Å². The van der Waals surface area contributed by atoms with Crippen molar-refractivity contribution < 1.29 is 9.59 Å². The Bertz CT molecular complexity index is 984. The van der Waals surface area contributed by atoms with Gasteiger partial charge < -0.3 is 10.2 Å². The number of nitrogens with zero attached hydrogens (tertiary/aromatic N) is 2.